The third-order valence-electron chi connectivity index (χ3n) is 5.74. The largest absolute Gasteiger partial charge is 0.393 e. The molecule has 4 atom stereocenters. The van der Waals surface area contributed by atoms with Crippen molar-refractivity contribution in [2.75, 3.05) is 12.3 Å². The van der Waals surface area contributed by atoms with Crippen LogP contribution in [0.2, 0.25) is 0 Å². The second-order valence-electron chi connectivity index (χ2n) is 7.63. The lowest BCUT2D eigenvalue weighted by molar-refractivity contribution is -0.133. The number of nitrogens with two attached hydrogens (primary N) is 1. The molecule has 1 aromatic carbocycles. The van der Waals surface area contributed by atoms with Gasteiger partial charge in [-0.3, -0.25) is 4.57 Å². The number of imidazole rings is 1. The van der Waals surface area contributed by atoms with Gasteiger partial charge in [-0.2, -0.15) is 0 Å². The standard InChI is InChI=1S/C21H22N6O4S/c22-18-15-19(26-13(25-18)6-7-14-23-8-9-32-14)27(11-24-15)20-16(29)17(30)21(10-28,31-20)12-4-2-1-3-5-12/h1-5,8-9,11,16-17,20,28-30H,6-7,10H2,(H2,22,25,26)/t16-,17+,20-,21+/m1/s1. The molecule has 5 rings (SSSR count). The van der Waals surface area contributed by atoms with Crippen molar-refractivity contribution in [3.8, 4) is 0 Å². The minimum atomic E-state index is -1.49. The van der Waals surface area contributed by atoms with Gasteiger partial charge in [-0.05, 0) is 5.56 Å². The Hall–Kier alpha value is -2.96. The predicted molar refractivity (Wildman–Crippen MR) is 117 cm³/mol. The monoisotopic (exact) mass is 454 g/mol. The highest BCUT2D eigenvalue weighted by atomic mass is 32.1. The average molecular weight is 455 g/mol. The molecule has 1 saturated heterocycles. The number of fused-ring (bicyclic) bond motifs is 1. The molecule has 0 radical (unpaired) electrons. The molecule has 0 unspecified atom stereocenters. The molecule has 11 heteroatoms. The van der Waals surface area contributed by atoms with E-state index in [4.69, 9.17) is 10.5 Å². The first-order valence-electron chi connectivity index (χ1n) is 10.1. The first-order chi connectivity index (χ1) is 15.5. The van der Waals surface area contributed by atoms with Gasteiger partial charge >= 0.3 is 0 Å². The second-order valence-corrected chi connectivity index (χ2v) is 8.61. The summed E-state index contributed by atoms with van der Waals surface area (Å²) in [5.41, 5.74) is 5.93. The number of ether oxygens (including phenoxy) is 1. The maximum absolute atomic E-state index is 10.9. The summed E-state index contributed by atoms with van der Waals surface area (Å²) in [5.74, 6) is 0.726. The van der Waals surface area contributed by atoms with E-state index in [2.05, 4.69) is 19.9 Å². The lowest BCUT2D eigenvalue weighted by Crippen LogP contribution is -2.43. The van der Waals surface area contributed by atoms with Crippen molar-refractivity contribution in [1.29, 1.82) is 0 Å². The summed E-state index contributed by atoms with van der Waals surface area (Å²) in [7, 11) is 0. The third kappa shape index (κ3) is 3.34. The van der Waals surface area contributed by atoms with Gasteiger partial charge in [0.05, 0.1) is 17.9 Å². The Morgan fingerprint density at radius 1 is 1.12 bits per heavy atom. The van der Waals surface area contributed by atoms with Crippen molar-refractivity contribution < 1.29 is 20.1 Å². The maximum Gasteiger partial charge on any atom is 0.167 e. The summed E-state index contributed by atoms with van der Waals surface area (Å²) in [6, 6.07) is 8.84. The molecule has 0 spiro atoms. The normalized spacial score (nSPS) is 25.5. The van der Waals surface area contributed by atoms with E-state index in [9.17, 15) is 15.3 Å². The van der Waals surface area contributed by atoms with Gasteiger partial charge in [-0.25, -0.2) is 19.9 Å². The molecule has 3 aromatic heterocycles. The molecule has 32 heavy (non-hydrogen) atoms. The topological polar surface area (TPSA) is 152 Å². The molecule has 0 aliphatic carbocycles. The number of thiazole rings is 1. The van der Waals surface area contributed by atoms with Crippen LogP contribution < -0.4 is 5.73 Å². The van der Waals surface area contributed by atoms with Crippen LogP contribution in [0, 0.1) is 0 Å². The number of rotatable bonds is 6. The van der Waals surface area contributed by atoms with E-state index in [-0.39, 0.29) is 5.82 Å². The fourth-order valence-electron chi connectivity index (χ4n) is 4.07. The molecule has 0 amide bonds. The highest BCUT2D eigenvalue weighted by Gasteiger charge is 2.56. The van der Waals surface area contributed by atoms with Gasteiger partial charge in [0, 0.05) is 24.4 Å². The van der Waals surface area contributed by atoms with Crippen LogP contribution in [0.3, 0.4) is 0 Å². The SMILES string of the molecule is Nc1nc(CCc2nccs2)nc2c1ncn2[C@@H]1O[C@@](CO)(c2ccccc2)[C@@H](O)[C@H]1O. The number of aromatic nitrogens is 5. The Morgan fingerprint density at radius 3 is 2.66 bits per heavy atom. The Morgan fingerprint density at radius 2 is 1.94 bits per heavy atom. The predicted octanol–water partition coefficient (Wildman–Crippen LogP) is 0.789. The lowest BCUT2D eigenvalue weighted by Gasteiger charge is -2.30. The number of hydrogen-bond acceptors (Lipinski definition) is 10. The molecular formula is C21H22N6O4S. The van der Waals surface area contributed by atoms with Crippen LogP contribution in [0.1, 0.15) is 22.6 Å². The zero-order chi connectivity index (χ0) is 22.3. The summed E-state index contributed by atoms with van der Waals surface area (Å²) < 4.78 is 7.65. The first-order valence-corrected chi connectivity index (χ1v) is 11.0. The van der Waals surface area contributed by atoms with Gasteiger partial charge in [0.15, 0.2) is 17.7 Å². The molecule has 0 bridgehead atoms. The van der Waals surface area contributed by atoms with E-state index < -0.39 is 30.6 Å². The zero-order valence-electron chi connectivity index (χ0n) is 16.9. The molecular weight excluding hydrogens is 432 g/mol. The molecule has 1 fully saturated rings. The minimum absolute atomic E-state index is 0.215. The zero-order valence-corrected chi connectivity index (χ0v) is 17.8. The van der Waals surface area contributed by atoms with Crippen LogP contribution in [0.15, 0.2) is 48.2 Å². The van der Waals surface area contributed by atoms with E-state index in [1.165, 1.54) is 10.9 Å². The van der Waals surface area contributed by atoms with Crippen molar-refractivity contribution in [3.05, 3.63) is 64.6 Å². The van der Waals surface area contributed by atoms with Crippen LogP contribution in [0.4, 0.5) is 5.82 Å². The number of aryl methyl sites for hydroxylation is 2. The van der Waals surface area contributed by atoms with Crippen molar-refractivity contribution in [2.24, 2.45) is 0 Å². The third-order valence-corrected chi connectivity index (χ3v) is 6.58. The highest BCUT2D eigenvalue weighted by Crippen LogP contribution is 2.44. The molecule has 4 aromatic rings. The fraction of sp³-hybridized carbons (Fsp3) is 0.333. The summed E-state index contributed by atoms with van der Waals surface area (Å²) >= 11 is 1.56. The van der Waals surface area contributed by atoms with Crippen molar-refractivity contribution in [1.82, 2.24) is 24.5 Å². The number of anilines is 1. The van der Waals surface area contributed by atoms with Gasteiger partial charge < -0.3 is 25.8 Å². The Bertz CT molecular complexity index is 1220. The minimum Gasteiger partial charge on any atom is -0.393 e. The summed E-state index contributed by atoms with van der Waals surface area (Å²) in [6.45, 7) is -0.519. The maximum atomic E-state index is 10.9. The molecule has 1 aliphatic heterocycles. The van der Waals surface area contributed by atoms with E-state index in [1.54, 1.807) is 41.8 Å². The van der Waals surface area contributed by atoms with Gasteiger partial charge in [0.1, 0.15) is 29.2 Å². The van der Waals surface area contributed by atoms with E-state index in [0.717, 1.165) is 5.01 Å². The Balaban J connectivity index is 1.51. The number of aliphatic hydroxyl groups excluding tert-OH is 3. The van der Waals surface area contributed by atoms with Crippen LogP contribution in [0.25, 0.3) is 11.2 Å². The molecule has 5 N–H and O–H groups in total. The van der Waals surface area contributed by atoms with Gasteiger partial charge in [0.2, 0.25) is 0 Å². The first kappa shape index (κ1) is 20.9. The molecule has 4 heterocycles. The summed E-state index contributed by atoms with van der Waals surface area (Å²) in [6.07, 6.45) is 0.635. The number of benzene rings is 1. The van der Waals surface area contributed by atoms with Crippen molar-refractivity contribution >= 4 is 28.3 Å². The number of hydrogen-bond donors (Lipinski definition) is 4. The summed E-state index contributed by atoms with van der Waals surface area (Å²) in [4.78, 5) is 17.5. The average Bonchev–Trinajstić information content (AvgIpc) is 3.53. The lowest BCUT2D eigenvalue weighted by atomic mass is 9.88. The van der Waals surface area contributed by atoms with Gasteiger partial charge in [0.25, 0.3) is 0 Å². The van der Waals surface area contributed by atoms with E-state index >= 15 is 0 Å². The summed E-state index contributed by atoms with van der Waals surface area (Å²) in [5, 5.41) is 34.8. The Kier molecular flexibility index (Phi) is 5.35. The molecule has 0 saturated carbocycles. The fourth-order valence-corrected chi connectivity index (χ4v) is 4.69. The van der Waals surface area contributed by atoms with Crippen LogP contribution in [-0.4, -0.2) is 58.6 Å². The smallest absolute Gasteiger partial charge is 0.167 e. The number of nitrogen functional groups attached to an aromatic ring is 1. The van der Waals surface area contributed by atoms with Crippen molar-refractivity contribution in [3.63, 3.8) is 0 Å². The number of nitrogens with zero attached hydrogens (tertiary/aromatic N) is 5. The Labute approximate surface area is 187 Å². The van der Waals surface area contributed by atoms with E-state index in [0.29, 0.717) is 35.4 Å². The van der Waals surface area contributed by atoms with Crippen LogP contribution in [-0.2, 0) is 23.2 Å². The quantitative estimate of drug-likeness (QED) is 0.331. The molecule has 166 valence electrons. The van der Waals surface area contributed by atoms with Crippen LogP contribution >= 0.6 is 11.3 Å². The van der Waals surface area contributed by atoms with Crippen molar-refractivity contribution in [2.45, 2.75) is 36.9 Å². The van der Waals surface area contributed by atoms with Gasteiger partial charge in [-0.15, -0.1) is 11.3 Å². The van der Waals surface area contributed by atoms with Gasteiger partial charge in [-0.1, -0.05) is 30.3 Å². The number of aliphatic hydroxyl groups is 3. The molecule has 10 nitrogen and oxygen atoms in total. The van der Waals surface area contributed by atoms with E-state index in [1.807, 2.05) is 11.4 Å². The van der Waals surface area contributed by atoms with Crippen LogP contribution in [0.5, 0.6) is 0 Å². The molecule has 1 aliphatic rings. The highest BCUT2D eigenvalue weighted by molar-refractivity contribution is 7.09. The second kappa shape index (κ2) is 8.19.